The third-order valence-electron chi connectivity index (χ3n) is 4.72. The summed E-state index contributed by atoms with van der Waals surface area (Å²) in [6, 6.07) is 7.34. The lowest BCUT2D eigenvalue weighted by molar-refractivity contribution is -0.133. The highest BCUT2D eigenvalue weighted by molar-refractivity contribution is 5.79. The number of oxazole rings is 1. The van der Waals surface area contributed by atoms with Crippen LogP contribution in [0.2, 0.25) is 0 Å². The van der Waals surface area contributed by atoms with Crippen molar-refractivity contribution in [2.24, 2.45) is 0 Å². The quantitative estimate of drug-likeness (QED) is 0.731. The first kappa shape index (κ1) is 15.7. The zero-order chi connectivity index (χ0) is 17.4. The van der Waals surface area contributed by atoms with Crippen molar-refractivity contribution in [2.45, 2.75) is 32.4 Å². The van der Waals surface area contributed by atoms with Crippen molar-refractivity contribution >= 4 is 17.0 Å². The van der Waals surface area contributed by atoms with Crippen LogP contribution in [0.1, 0.15) is 24.4 Å². The molecule has 0 bridgehead atoms. The Morgan fingerprint density at radius 1 is 1.36 bits per heavy atom. The second-order valence-electron chi connectivity index (χ2n) is 6.56. The highest BCUT2D eigenvalue weighted by Crippen LogP contribution is 2.22. The lowest BCUT2D eigenvalue weighted by Crippen LogP contribution is -2.43. The number of carbonyl (C=O) groups is 1. The average molecular weight is 340 g/mol. The Hall–Kier alpha value is -2.83. The van der Waals surface area contributed by atoms with Gasteiger partial charge in [0.15, 0.2) is 5.58 Å². The Kier molecular flexibility index (Phi) is 3.91. The van der Waals surface area contributed by atoms with Crippen LogP contribution in [0.5, 0.6) is 0 Å². The number of piperidine rings is 1. The highest BCUT2D eigenvalue weighted by Gasteiger charge is 2.26. The van der Waals surface area contributed by atoms with E-state index in [-0.39, 0.29) is 18.5 Å². The average Bonchev–Trinajstić information content (AvgIpc) is 3.19. The predicted molar refractivity (Wildman–Crippen MR) is 92.3 cm³/mol. The predicted octanol–water partition coefficient (Wildman–Crippen LogP) is 1.96. The van der Waals surface area contributed by atoms with Crippen molar-refractivity contribution in [1.29, 1.82) is 0 Å². The molecule has 0 saturated carbocycles. The van der Waals surface area contributed by atoms with E-state index in [0.717, 1.165) is 18.4 Å². The van der Waals surface area contributed by atoms with Crippen molar-refractivity contribution < 1.29 is 9.21 Å². The second-order valence-corrected chi connectivity index (χ2v) is 6.56. The van der Waals surface area contributed by atoms with Crippen LogP contribution in [-0.4, -0.2) is 38.2 Å². The van der Waals surface area contributed by atoms with Crippen molar-refractivity contribution in [3.63, 3.8) is 0 Å². The number of para-hydroxylation sites is 2. The van der Waals surface area contributed by atoms with Gasteiger partial charge in [-0.15, -0.1) is 0 Å². The number of nitrogens with zero attached hydrogens (tertiary/aromatic N) is 4. The summed E-state index contributed by atoms with van der Waals surface area (Å²) in [6.07, 6.45) is 5.76. The number of aromatic nitrogens is 3. The van der Waals surface area contributed by atoms with Crippen LogP contribution < -0.4 is 5.76 Å². The summed E-state index contributed by atoms with van der Waals surface area (Å²) < 4.78 is 8.54. The molecule has 0 aliphatic carbocycles. The molecule has 1 aromatic carbocycles. The van der Waals surface area contributed by atoms with Gasteiger partial charge in [0.25, 0.3) is 0 Å². The van der Waals surface area contributed by atoms with Crippen LogP contribution in [0.3, 0.4) is 0 Å². The lowest BCUT2D eigenvalue weighted by atomic mass is 10.1. The topological polar surface area (TPSA) is 73.3 Å². The minimum absolute atomic E-state index is 0.000696. The van der Waals surface area contributed by atoms with E-state index in [2.05, 4.69) is 5.10 Å². The number of amides is 1. The number of hydrogen-bond acceptors (Lipinski definition) is 4. The number of likely N-dealkylation sites (tertiary alicyclic amines) is 1. The summed E-state index contributed by atoms with van der Waals surface area (Å²) in [5.41, 5.74) is 2.26. The van der Waals surface area contributed by atoms with Gasteiger partial charge in [-0.3, -0.25) is 14.0 Å². The van der Waals surface area contributed by atoms with Crippen LogP contribution in [0.4, 0.5) is 0 Å². The molecule has 2 aromatic heterocycles. The van der Waals surface area contributed by atoms with Gasteiger partial charge in [-0.2, -0.15) is 5.10 Å². The second kappa shape index (κ2) is 6.23. The fourth-order valence-electron chi connectivity index (χ4n) is 3.43. The standard InChI is InChI=1S/C18H20N4O3/c1-13-9-19-22(10-13)14-5-4-8-20(11-14)17(23)12-21-15-6-2-3-7-16(15)25-18(21)24/h2-3,6-7,9-10,14H,4-5,8,11-12H2,1H3. The van der Waals surface area contributed by atoms with E-state index < -0.39 is 5.76 Å². The van der Waals surface area contributed by atoms with Gasteiger partial charge in [0, 0.05) is 19.3 Å². The Morgan fingerprint density at radius 2 is 2.20 bits per heavy atom. The zero-order valence-corrected chi connectivity index (χ0v) is 14.1. The van der Waals surface area contributed by atoms with Gasteiger partial charge in [0.2, 0.25) is 5.91 Å². The van der Waals surface area contributed by atoms with Crippen molar-refractivity contribution in [1.82, 2.24) is 19.2 Å². The molecule has 4 rings (SSSR count). The first-order valence-corrected chi connectivity index (χ1v) is 8.49. The van der Waals surface area contributed by atoms with Crippen LogP contribution >= 0.6 is 0 Å². The normalized spacial score (nSPS) is 18.0. The minimum Gasteiger partial charge on any atom is -0.408 e. The van der Waals surface area contributed by atoms with Crippen molar-refractivity contribution in [3.8, 4) is 0 Å². The molecule has 1 unspecified atom stereocenters. The van der Waals surface area contributed by atoms with Gasteiger partial charge in [0.1, 0.15) is 6.54 Å². The maximum atomic E-state index is 12.7. The Bertz CT molecular complexity index is 968. The van der Waals surface area contributed by atoms with Crippen molar-refractivity contribution in [3.05, 3.63) is 52.8 Å². The Balaban J connectivity index is 1.52. The van der Waals surface area contributed by atoms with E-state index in [9.17, 15) is 9.59 Å². The number of rotatable bonds is 3. The van der Waals surface area contributed by atoms with E-state index in [4.69, 9.17) is 4.42 Å². The molecule has 7 nitrogen and oxygen atoms in total. The number of fused-ring (bicyclic) bond motifs is 1. The third kappa shape index (κ3) is 2.97. The van der Waals surface area contributed by atoms with E-state index >= 15 is 0 Å². The maximum Gasteiger partial charge on any atom is 0.420 e. The lowest BCUT2D eigenvalue weighted by Gasteiger charge is -2.33. The molecule has 1 aliphatic rings. The number of aryl methyl sites for hydroxylation is 1. The number of benzene rings is 1. The molecule has 1 amide bonds. The smallest absolute Gasteiger partial charge is 0.408 e. The minimum atomic E-state index is -0.495. The van der Waals surface area contributed by atoms with Gasteiger partial charge in [-0.05, 0) is 37.5 Å². The van der Waals surface area contributed by atoms with Gasteiger partial charge >= 0.3 is 5.76 Å². The number of carbonyl (C=O) groups excluding carboxylic acids is 1. The highest BCUT2D eigenvalue weighted by atomic mass is 16.4. The van der Waals surface area contributed by atoms with E-state index in [1.807, 2.05) is 35.0 Å². The van der Waals surface area contributed by atoms with Gasteiger partial charge in [-0.1, -0.05) is 12.1 Å². The van der Waals surface area contributed by atoms with Gasteiger partial charge in [0.05, 0.1) is 17.8 Å². The summed E-state index contributed by atoms with van der Waals surface area (Å²) in [5.74, 6) is -0.562. The first-order valence-electron chi connectivity index (χ1n) is 8.49. The molecule has 1 atom stereocenters. The molecule has 1 fully saturated rings. The number of hydrogen-bond donors (Lipinski definition) is 0. The molecule has 1 saturated heterocycles. The molecule has 0 spiro atoms. The molecule has 3 heterocycles. The van der Waals surface area contributed by atoms with Crippen molar-refractivity contribution in [2.75, 3.05) is 13.1 Å². The van der Waals surface area contributed by atoms with E-state index in [0.29, 0.717) is 24.2 Å². The largest absolute Gasteiger partial charge is 0.420 e. The molecule has 7 heteroatoms. The Morgan fingerprint density at radius 3 is 3.00 bits per heavy atom. The molecule has 25 heavy (non-hydrogen) atoms. The fraction of sp³-hybridized carbons (Fsp3) is 0.389. The van der Waals surface area contributed by atoms with Gasteiger partial charge < -0.3 is 9.32 Å². The molecule has 1 aliphatic heterocycles. The summed E-state index contributed by atoms with van der Waals surface area (Å²) in [4.78, 5) is 26.6. The zero-order valence-electron chi connectivity index (χ0n) is 14.1. The maximum absolute atomic E-state index is 12.7. The van der Waals surface area contributed by atoms with E-state index in [1.54, 1.807) is 18.2 Å². The Labute approximate surface area is 144 Å². The monoisotopic (exact) mass is 340 g/mol. The SMILES string of the molecule is Cc1cnn(C2CCCN(C(=O)Cn3c(=O)oc4ccccc43)C2)c1. The fourth-order valence-corrected chi connectivity index (χ4v) is 3.43. The summed E-state index contributed by atoms with van der Waals surface area (Å²) in [5, 5.41) is 4.37. The molecule has 3 aromatic rings. The summed E-state index contributed by atoms with van der Waals surface area (Å²) in [7, 11) is 0. The molecule has 0 N–H and O–H groups in total. The molecule has 130 valence electrons. The van der Waals surface area contributed by atoms with Gasteiger partial charge in [-0.25, -0.2) is 4.79 Å². The van der Waals surface area contributed by atoms with Crippen LogP contribution in [0.15, 0.2) is 45.9 Å². The molecular weight excluding hydrogens is 320 g/mol. The molecule has 0 radical (unpaired) electrons. The molecular formula is C18H20N4O3. The first-order chi connectivity index (χ1) is 12.1. The summed E-state index contributed by atoms with van der Waals surface area (Å²) in [6.45, 7) is 3.33. The van der Waals surface area contributed by atoms with E-state index in [1.165, 1.54) is 4.57 Å². The van der Waals surface area contributed by atoms with Crippen LogP contribution in [0.25, 0.3) is 11.1 Å². The van der Waals surface area contributed by atoms with Crippen LogP contribution in [0, 0.1) is 6.92 Å². The van der Waals surface area contributed by atoms with Crippen LogP contribution in [-0.2, 0) is 11.3 Å². The summed E-state index contributed by atoms with van der Waals surface area (Å²) >= 11 is 0. The third-order valence-corrected chi connectivity index (χ3v) is 4.72.